The highest BCUT2D eigenvalue weighted by Crippen LogP contribution is 2.40. The van der Waals surface area contributed by atoms with Crippen LogP contribution in [0, 0.1) is 5.92 Å². The van der Waals surface area contributed by atoms with Crippen LogP contribution in [0.5, 0.6) is 5.75 Å². The van der Waals surface area contributed by atoms with Gasteiger partial charge in [-0.15, -0.1) is 0 Å². The predicted octanol–water partition coefficient (Wildman–Crippen LogP) is 3.98. The summed E-state index contributed by atoms with van der Waals surface area (Å²) in [5.74, 6) is 0.683. The SMILES string of the molecule is CC[C@@H](Oc1ccc2c3c(c(=O)oc2c1)CCCC3)C(=O)N1CC[C@@]2(O)CCCC[C@@H]2C1. The third-order valence-electron chi connectivity index (χ3n) is 7.86. The number of ether oxygens (including phenoxy) is 1. The molecule has 1 aromatic carbocycles. The van der Waals surface area contributed by atoms with Crippen LogP contribution in [0.25, 0.3) is 11.0 Å². The smallest absolute Gasteiger partial charge is 0.339 e. The van der Waals surface area contributed by atoms with E-state index in [1.807, 2.05) is 24.0 Å². The lowest BCUT2D eigenvalue weighted by molar-refractivity contribution is -0.150. The molecule has 1 aliphatic heterocycles. The summed E-state index contributed by atoms with van der Waals surface area (Å²) >= 11 is 0. The molecule has 1 saturated carbocycles. The zero-order chi connectivity index (χ0) is 22.3. The zero-order valence-electron chi connectivity index (χ0n) is 18.9. The first kappa shape index (κ1) is 21.5. The van der Waals surface area contributed by atoms with Crippen LogP contribution in [0.1, 0.15) is 69.4 Å². The number of hydrogen-bond donors (Lipinski definition) is 1. The average molecular weight is 440 g/mol. The Hall–Kier alpha value is -2.34. The molecule has 5 rings (SSSR count). The predicted molar refractivity (Wildman–Crippen MR) is 122 cm³/mol. The van der Waals surface area contributed by atoms with E-state index in [1.165, 1.54) is 0 Å². The Morgan fingerprint density at radius 2 is 2.03 bits per heavy atom. The molecule has 3 atom stereocenters. The van der Waals surface area contributed by atoms with Crippen LogP contribution in [-0.2, 0) is 17.6 Å². The first-order valence-corrected chi connectivity index (χ1v) is 12.2. The van der Waals surface area contributed by atoms with Gasteiger partial charge in [-0.2, -0.15) is 0 Å². The second-order valence-corrected chi connectivity index (χ2v) is 9.81. The molecular formula is C26H33NO5. The average Bonchev–Trinajstić information content (AvgIpc) is 2.81. The van der Waals surface area contributed by atoms with Crippen molar-refractivity contribution in [2.45, 2.75) is 82.8 Å². The highest BCUT2D eigenvalue weighted by molar-refractivity contribution is 5.84. The van der Waals surface area contributed by atoms with Crippen LogP contribution in [0.4, 0.5) is 0 Å². The highest BCUT2D eigenvalue weighted by atomic mass is 16.5. The number of benzene rings is 1. The summed E-state index contributed by atoms with van der Waals surface area (Å²) in [5, 5.41) is 11.9. The molecule has 1 aromatic heterocycles. The molecule has 0 radical (unpaired) electrons. The van der Waals surface area contributed by atoms with Gasteiger partial charge in [-0.05, 0) is 69.1 Å². The zero-order valence-corrected chi connectivity index (χ0v) is 18.9. The van der Waals surface area contributed by atoms with Gasteiger partial charge in [0.2, 0.25) is 0 Å². The van der Waals surface area contributed by atoms with Gasteiger partial charge in [-0.25, -0.2) is 4.79 Å². The number of nitrogens with zero attached hydrogens (tertiary/aromatic N) is 1. The minimum atomic E-state index is -0.605. The monoisotopic (exact) mass is 439 g/mol. The van der Waals surface area contributed by atoms with E-state index in [1.54, 1.807) is 6.07 Å². The van der Waals surface area contributed by atoms with Crippen LogP contribution in [0.2, 0.25) is 0 Å². The molecule has 2 aromatic rings. The summed E-state index contributed by atoms with van der Waals surface area (Å²) in [4.78, 5) is 27.6. The van der Waals surface area contributed by atoms with Gasteiger partial charge in [0, 0.05) is 36.0 Å². The molecule has 0 bridgehead atoms. The lowest BCUT2D eigenvalue weighted by Gasteiger charge is -2.47. The molecule has 1 N–H and O–H groups in total. The van der Waals surface area contributed by atoms with E-state index in [0.717, 1.165) is 67.9 Å². The maximum atomic E-state index is 13.3. The number of carbonyl (C=O) groups is 1. The first-order chi connectivity index (χ1) is 15.5. The van der Waals surface area contributed by atoms with E-state index in [4.69, 9.17) is 9.15 Å². The summed E-state index contributed by atoms with van der Waals surface area (Å²) in [6.07, 6.45) is 8.42. The minimum absolute atomic E-state index is 0.0212. The van der Waals surface area contributed by atoms with E-state index >= 15 is 0 Å². The molecule has 32 heavy (non-hydrogen) atoms. The number of fused-ring (bicyclic) bond motifs is 4. The van der Waals surface area contributed by atoms with E-state index in [9.17, 15) is 14.7 Å². The number of carbonyl (C=O) groups excluding carboxylic acids is 1. The van der Waals surface area contributed by atoms with Crippen molar-refractivity contribution in [2.75, 3.05) is 13.1 Å². The van der Waals surface area contributed by atoms with Crippen molar-refractivity contribution < 1.29 is 19.1 Å². The standard InChI is InChI=1S/C26H33NO5/c1-2-22(24(28)27-14-13-26(30)12-6-5-7-17(26)16-27)31-18-10-11-20-19-8-3-4-9-21(19)25(29)32-23(20)15-18/h10-11,15,17,22,30H,2-9,12-14,16H2,1H3/t17-,22-,26+/m1/s1. The largest absolute Gasteiger partial charge is 0.480 e. The number of likely N-dealkylation sites (tertiary alicyclic amines) is 1. The molecule has 0 unspecified atom stereocenters. The fourth-order valence-corrected chi connectivity index (χ4v) is 5.95. The number of hydrogen-bond acceptors (Lipinski definition) is 5. The highest BCUT2D eigenvalue weighted by Gasteiger charge is 2.44. The maximum absolute atomic E-state index is 13.3. The van der Waals surface area contributed by atoms with E-state index in [2.05, 4.69) is 0 Å². The number of piperidine rings is 1. The van der Waals surface area contributed by atoms with Crippen LogP contribution in [0.3, 0.4) is 0 Å². The summed E-state index contributed by atoms with van der Waals surface area (Å²) in [6.45, 7) is 3.12. The van der Waals surface area contributed by atoms with E-state index < -0.39 is 11.7 Å². The Balaban J connectivity index is 1.34. The van der Waals surface area contributed by atoms with Crippen molar-refractivity contribution in [1.29, 1.82) is 0 Å². The van der Waals surface area contributed by atoms with E-state index in [0.29, 0.717) is 37.3 Å². The van der Waals surface area contributed by atoms with Gasteiger partial charge >= 0.3 is 5.63 Å². The maximum Gasteiger partial charge on any atom is 0.339 e. The molecule has 1 saturated heterocycles. The van der Waals surface area contributed by atoms with Crippen molar-refractivity contribution in [3.05, 3.63) is 39.7 Å². The van der Waals surface area contributed by atoms with Crippen molar-refractivity contribution in [2.24, 2.45) is 5.92 Å². The summed E-state index contributed by atoms with van der Waals surface area (Å²) in [6, 6.07) is 5.58. The Kier molecular flexibility index (Phi) is 5.74. The summed E-state index contributed by atoms with van der Waals surface area (Å²) < 4.78 is 11.7. The topological polar surface area (TPSA) is 80.0 Å². The van der Waals surface area contributed by atoms with Gasteiger partial charge < -0.3 is 19.2 Å². The van der Waals surface area contributed by atoms with Gasteiger partial charge in [0.15, 0.2) is 6.10 Å². The molecule has 0 spiro atoms. The third-order valence-corrected chi connectivity index (χ3v) is 7.86. The van der Waals surface area contributed by atoms with Gasteiger partial charge in [-0.3, -0.25) is 4.79 Å². The molecule has 2 fully saturated rings. The molecule has 3 aliphatic rings. The first-order valence-electron chi connectivity index (χ1n) is 12.2. The van der Waals surface area contributed by atoms with E-state index in [-0.39, 0.29) is 17.5 Å². The number of aryl methyl sites for hydroxylation is 1. The molecule has 1 amide bonds. The van der Waals surface area contributed by atoms with Crippen LogP contribution in [0.15, 0.2) is 27.4 Å². The molecule has 2 heterocycles. The Labute approximate surface area is 188 Å². The Morgan fingerprint density at radius 3 is 2.84 bits per heavy atom. The van der Waals surface area contributed by atoms with Crippen LogP contribution < -0.4 is 10.4 Å². The third kappa shape index (κ3) is 3.83. The van der Waals surface area contributed by atoms with Gasteiger partial charge in [-0.1, -0.05) is 19.8 Å². The normalized spacial score (nSPS) is 26.3. The molecule has 6 heteroatoms. The molecule has 172 valence electrons. The van der Waals surface area contributed by atoms with Crippen LogP contribution in [-0.4, -0.2) is 40.7 Å². The molecule has 2 aliphatic carbocycles. The Bertz CT molecular complexity index is 1080. The summed E-state index contributed by atoms with van der Waals surface area (Å²) in [5.41, 5.74) is 1.59. The molecule has 6 nitrogen and oxygen atoms in total. The second-order valence-electron chi connectivity index (χ2n) is 9.81. The van der Waals surface area contributed by atoms with Gasteiger partial charge in [0.25, 0.3) is 5.91 Å². The number of amides is 1. The Morgan fingerprint density at radius 1 is 1.22 bits per heavy atom. The quantitative estimate of drug-likeness (QED) is 0.729. The lowest BCUT2D eigenvalue weighted by Crippen LogP contribution is -2.56. The molecular weight excluding hydrogens is 406 g/mol. The van der Waals surface area contributed by atoms with Crippen molar-refractivity contribution in [3.8, 4) is 5.75 Å². The van der Waals surface area contributed by atoms with Crippen molar-refractivity contribution in [3.63, 3.8) is 0 Å². The van der Waals surface area contributed by atoms with Gasteiger partial charge in [0.05, 0.1) is 5.60 Å². The number of aliphatic hydroxyl groups is 1. The fraction of sp³-hybridized carbons (Fsp3) is 0.615. The van der Waals surface area contributed by atoms with Crippen molar-refractivity contribution >= 4 is 16.9 Å². The van der Waals surface area contributed by atoms with Gasteiger partial charge in [0.1, 0.15) is 11.3 Å². The minimum Gasteiger partial charge on any atom is -0.480 e. The number of rotatable bonds is 4. The second kappa shape index (κ2) is 8.54. The van der Waals surface area contributed by atoms with Crippen LogP contribution >= 0.6 is 0 Å². The fourth-order valence-electron chi connectivity index (χ4n) is 5.95. The van der Waals surface area contributed by atoms with Crippen molar-refractivity contribution in [1.82, 2.24) is 4.90 Å². The summed E-state index contributed by atoms with van der Waals surface area (Å²) in [7, 11) is 0. The lowest BCUT2D eigenvalue weighted by atomic mass is 9.71.